The van der Waals surface area contributed by atoms with E-state index in [-0.39, 0.29) is 0 Å². The first kappa shape index (κ1) is 7.33. The van der Waals surface area contributed by atoms with Crippen LogP contribution in [-0.2, 0) is 0 Å². The van der Waals surface area contributed by atoms with Crippen LogP contribution in [0.25, 0.3) is 0 Å². The molecule has 0 aliphatic carbocycles. The van der Waals surface area contributed by atoms with Crippen LogP contribution in [0.5, 0.6) is 0 Å². The first-order chi connectivity index (χ1) is 4.46. The Labute approximate surface area is 54.5 Å². The molecule has 0 saturated heterocycles. The van der Waals surface area contributed by atoms with Gasteiger partial charge in [-0.05, 0) is 0 Å². The molecule has 0 aromatic heterocycles. The molecule has 1 rings (SSSR count). The Morgan fingerprint density at radius 3 is 2.40 bits per heavy atom. The SMILES string of the molecule is OC1(C(F)(F)F)CC=NN1. The Bertz CT molecular complexity index is 156. The highest BCUT2D eigenvalue weighted by molar-refractivity contribution is 5.60. The van der Waals surface area contributed by atoms with Gasteiger partial charge >= 0.3 is 6.18 Å². The van der Waals surface area contributed by atoms with Gasteiger partial charge in [-0.15, -0.1) is 0 Å². The van der Waals surface area contributed by atoms with E-state index in [2.05, 4.69) is 5.10 Å². The lowest BCUT2D eigenvalue weighted by Gasteiger charge is -2.24. The lowest BCUT2D eigenvalue weighted by molar-refractivity contribution is -0.266. The highest BCUT2D eigenvalue weighted by atomic mass is 19.4. The van der Waals surface area contributed by atoms with Gasteiger partial charge in [-0.2, -0.15) is 18.3 Å². The molecule has 10 heavy (non-hydrogen) atoms. The topological polar surface area (TPSA) is 44.6 Å². The summed E-state index contributed by atoms with van der Waals surface area (Å²) in [6.07, 6.45) is -4.21. The molecule has 0 radical (unpaired) electrons. The molecule has 1 heterocycles. The molecule has 1 unspecified atom stereocenters. The van der Waals surface area contributed by atoms with Crippen molar-refractivity contribution in [3.63, 3.8) is 0 Å². The number of hydrogen-bond donors (Lipinski definition) is 2. The standard InChI is InChI=1S/C4H5F3N2O/c5-4(6,7)3(10)1-2-8-9-3/h2,9-10H,1H2. The van der Waals surface area contributed by atoms with Crippen molar-refractivity contribution in [1.82, 2.24) is 5.43 Å². The van der Waals surface area contributed by atoms with Crippen molar-refractivity contribution in [2.24, 2.45) is 5.10 Å². The molecule has 0 saturated carbocycles. The molecule has 2 N–H and O–H groups in total. The van der Waals surface area contributed by atoms with Gasteiger partial charge < -0.3 is 5.11 Å². The van der Waals surface area contributed by atoms with E-state index in [0.717, 1.165) is 6.21 Å². The number of halogens is 3. The summed E-state index contributed by atoms with van der Waals surface area (Å²) >= 11 is 0. The second-order valence-electron chi connectivity index (χ2n) is 1.99. The van der Waals surface area contributed by atoms with Gasteiger partial charge in [-0.3, -0.25) is 5.43 Å². The average molecular weight is 154 g/mol. The van der Waals surface area contributed by atoms with Gasteiger partial charge in [0.15, 0.2) is 0 Å². The molecule has 0 aromatic rings. The molecule has 0 spiro atoms. The number of hydrazone groups is 1. The molecule has 1 aliphatic heterocycles. The van der Waals surface area contributed by atoms with E-state index in [9.17, 15) is 13.2 Å². The Balaban J connectivity index is 2.71. The van der Waals surface area contributed by atoms with Crippen molar-refractivity contribution < 1.29 is 18.3 Å². The molecule has 0 fully saturated rings. The minimum Gasteiger partial charge on any atom is -0.362 e. The second kappa shape index (κ2) is 1.85. The van der Waals surface area contributed by atoms with Gasteiger partial charge in [0, 0.05) is 12.6 Å². The molecular weight excluding hydrogens is 149 g/mol. The average Bonchev–Trinajstić information content (AvgIpc) is 2.13. The Hall–Kier alpha value is -0.780. The fraction of sp³-hybridized carbons (Fsp3) is 0.750. The third-order valence-corrected chi connectivity index (χ3v) is 1.20. The number of hydrogen-bond acceptors (Lipinski definition) is 3. The molecule has 0 bridgehead atoms. The number of rotatable bonds is 0. The van der Waals surface area contributed by atoms with Crippen LogP contribution in [0.15, 0.2) is 5.10 Å². The number of nitrogens with zero attached hydrogens (tertiary/aromatic N) is 1. The monoisotopic (exact) mass is 154 g/mol. The van der Waals surface area contributed by atoms with E-state index in [4.69, 9.17) is 5.11 Å². The number of aliphatic hydroxyl groups is 1. The van der Waals surface area contributed by atoms with E-state index in [1.54, 1.807) is 5.43 Å². The number of alkyl halides is 3. The summed E-state index contributed by atoms with van der Waals surface area (Å²) in [5.74, 6) is 0. The van der Waals surface area contributed by atoms with Crippen LogP contribution in [0.4, 0.5) is 13.2 Å². The van der Waals surface area contributed by atoms with E-state index < -0.39 is 18.3 Å². The van der Waals surface area contributed by atoms with Crippen LogP contribution in [0, 0.1) is 0 Å². The van der Waals surface area contributed by atoms with Gasteiger partial charge in [0.1, 0.15) is 0 Å². The maximum atomic E-state index is 11.8. The normalized spacial score (nSPS) is 32.4. The Morgan fingerprint density at radius 2 is 2.20 bits per heavy atom. The fourth-order valence-corrected chi connectivity index (χ4v) is 0.555. The van der Waals surface area contributed by atoms with Gasteiger partial charge in [0.05, 0.1) is 0 Å². The maximum absolute atomic E-state index is 11.8. The minimum atomic E-state index is -4.66. The molecule has 0 aromatic carbocycles. The third kappa shape index (κ3) is 0.942. The molecule has 3 nitrogen and oxygen atoms in total. The fourth-order valence-electron chi connectivity index (χ4n) is 0.555. The molecule has 1 atom stereocenters. The Morgan fingerprint density at radius 1 is 1.60 bits per heavy atom. The van der Waals surface area contributed by atoms with E-state index in [1.807, 2.05) is 0 Å². The van der Waals surface area contributed by atoms with Crippen LogP contribution >= 0.6 is 0 Å². The molecular formula is C4H5F3N2O. The highest BCUT2D eigenvalue weighted by Gasteiger charge is 2.55. The van der Waals surface area contributed by atoms with Gasteiger partial charge in [-0.25, -0.2) is 0 Å². The zero-order valence-electron chi connectivity index (χ0n) is 4.81. The van der Waals surface area contributed by atoms with Crippen molar-refractivity contribution in [3.8, 4) is 0 Å². The highest BCUT2D eigenvalue weighted by Crippen LogP contribution is 2.31. The van der Waals surface area contributed by atoms with Crippen LogP contribution in [-0.4, -0.2) is 23.2 Å². The molecule has 1 aliphatic rings. The summed E-state index contributed by atoms with van der Waals surface area (Å²) in [6, 6.07) is 0. The largest absolute Gasteiger partial charge is 0.438 e. The molecule has 0 amide bonds. The molecule has 58 valence electrons. The maximum Gasteiger partial charge on any atom is 0.438 e. The van der Waals surface area contributed by atoms with Crippen LogP contribution < -0.4 is 5.43 Å². The lowest BCUT2D eigenvalue weighted by atomic mass is 10.2. The van der Waals surface area contributed by atoms with Crippen LogP contribution in [0.1, 0.15) is 6.42 Å². The van der Waals surface area contributed by atoms with Crippen molar-refractivity contribution >= 4 is 6.21 Å². The van der Waals surface area contributed by atoms with Gasteiger partial charge in [0.25, 0.3) is 5.72 Å². The van der Waals surface area contributed by atoms with Crippen LogP contribution in [0.2, 0.25) is 0 Å². The van der Waals surface area contributed by atoms with E-state index in [1.165, 1.54) is 0 Å². The van der Waals surface area contributed by atoms with Crippen LogP contribution in [0.3, 0.4) is 0 Å². The van der Waals surface area contributed by atoms with Crippen molar-refractivity contribution in [2.75, 3.05) is 0 Å². The predicted molar refractivity (Wildman–Crippen MR) is 27.2 cm³/mol. The zero-order valence-corrected chi connectivity index (χ0v) is 4.81. The summed E-state index contributed by atoms with van der Waals surface area (Å²) in [5, 5.41) is 11.7. The summed E-state index contributed by atoms with van der Waals surface area (Å²) in [5.41, 5.74) is -1.27. The predicted octanol–water partition coefficient (Wildman–Crippen LogP) is 0.216. The minimum absolute atomic E-state index is 0.531. The van der Waals surface area contributed by atoms with Crippen molar-refractivity contribution in [1.29, 1.82) is 0 Å². The summed E-state index contributed by atoms with van der Waals surface area (Å²) < 4.78 is 35.3. The van der Waals surface area contributed by atoms with Crippen molar-refractivity contribution in [3.05, 3.63) is 0 Å². The summed E-state index contributed by atoms with van der Waals surface area (Å²) in [4.78, 5) is 0. The second-order valence-corrected chi connectivity index (χ2v) is 1.99. The first-order valence-corrected chi connectivity index (χ1v) is 2.53. The van der Waals surface area contributed by atoms with E-state index in [0.29, 0.717) is 0 Å². The lowest BCUT2D eigenvalue weighted by Crippen LogP contribution is -2.52. The van der Waals surface area contributed by atoms with Crippen molar-refractivity contribution in [2.45, 2.75) is 18.3 Å². The van der Waals surface area contributed by atoms with E-state index >= 15 is 0 Å². The smallest absolute Gasteiger partial charge is 0.362 e. The number of nitrogens with one attached hydrogen (secondary N) is 1. The third-order valence-electron chi connectivity index (χ3n) is 1.20. The summed E-state index contributed by atoms with van der Waals surface area (Å²) in [7, 11) is 0. The Kier molecular flexibility index (Phi) is 1.36. The van der Waals surface area contributed by atoms with Gasteiger partial charge in [-0.1, -0.05) is 0 Å². The van der Waals surface area contributed by atoms with Gasteiger partial charge in [0.2, 0.25) is 0 Å². The summed E-state index contributed by atoms with van der Waals surface area (Å²) in [6.45, 7) is 0. The molecule has 6 heteroatoms. The first-order valence-electron chi connectivity index (χ1n) is 2.53. The zero-order chi connectivity index (χ0) is 7.83. The quantitative estimate of drug-likeness (QED) is 0.524.